The van der Waals surface area contributed by atoms with E-state index in [9.17, 15) is 0 Å². The standard InChI is InChI=1S/C16H24OS/c1-3-4-5-9-12-15-16(2,17-15)13-18-14-10-7-6-8-11-14/h6-8,10-11,15H,3-5,9,12-13H2,1-2H3/t15-,16-/m0/s1. The molecule has 1 fully saturated rings. The van der Waals surface area contributed by atoms with Crippen LogP contribution >= 0.6 is 11.8 Å². The molecule has 18 heavy (non-hydrogen) atoms. The minimum absolute atomic E-state index is 0.132. The van der Waals surface area contributed by atoms with Crippen LogP contribution in [-0.4, -0.2) is 17.5 Å². The van der Waals surface area contributed by atoms with E-state index >= 15 is 0 Å². The molecule has 1 aliphatic rings. The molecule has 0 aliphatic carbocycles. The lowest BCUT2D eigenvalue weighted by Gasteiger charge is -2.06. The first kappa shape index (κ1) is 14.0. The van der Waals surface area contributed by atoms with Crippen LogP contribution in [0.5, 0.6) is 0 Å². The predicted molar refractivity (Wildman–Crippen MR) is 79.2 cm³/mol. The van der Waals surface area contributed by atoms with Crippen LogP contribution in [0.1, 0.15) is 46.0 Å². The summed E-state index contributed by atoms with van der Waals surface area (Å²) in [4.78, 5) is 1.35. The maximum absolute atomic E-state index is 5.89. The Bertz CT molecular complexity index is 351. The van der Waals surface area contributed by atoms with Crippen molar-refractivity contribution in [1.82, 2.24) is 0 Å². The monoisotopic (exact) mass is 264 g/mol. The molecule has 100 valence electrons. The number of unbranched alkanes of at least 4 members (excludes halogenated alkanes) is 3. The van der Waals surface area contributed by atoms with Gasteiger partial charge in [0, 0.05) is 10.6 Å². The fourth-order valence-corrected chi connectivity index (χ4v) is 3.34. The van der Waals surface area contributed by atoms with Crippen molar-refractivity contribution >= 4 is 11.8 Å². The zero-order valence-corrected chi connectivity index (χ0v) is 12.3. The summed E-state index contributed by atoms with van der Waals surface area (Å²) >= 11 is 1.91. The van der Waals surface area contributed by atoms with E-state index in [2.05, 4.69) is 44.2 Å². The SMILES string of the molecule is CCCCCC[C@@H]1O[C@@]1(C)CSc1ccccc1. The van der Waals surface area contributed by atoms with Crippen molar-refractivity contribution in [1.29, 1.82) is 0 Å². The van der Waals surface area contributed by atoms with Gasteiger partial charge in [0.1, 0.15) is 5.60 Å². The van der Waals surface area contributed by atoms with Crippen molar-refractivity contribution in [3.63, 3.8) is 0 Å². The van der Waals surface area contributed by atoms with Crippen LogP contribution in [0, 0.1) is 0 Å². The fourth-order valence-electron chi connectivity index (χ4n) is 2.28. The first-order chi connectivity index (χ1) is 8.74. The summed E-state index contributed by atoms with van der Waals surface area (Å²) in [6, 6.07) is 10.6. The molecule has 1 nitrogen and oxygen atoms in total. The topological polar surface area (TPSA) is 12.5 Å². The molecule has 0 aromatic heterocycles. The normalized spacial score (nSPS) is 26.2. The molecule has 1 aromatic carbocycles. The lowest BCUT2D eigenvalue weighted by molar-refractivity contribution is 0.321. The van der Waals surface area contributed by atoms with Gasteiger partial charge in [0.25, 0.3) is 0 Å². The van der Waals surface area contributed by atoms with E-state index in [1.807, 2.05) is 11.8 Å². The van der Waals surface area contributed by atoms with E-state index in [4.69, 9.17) is 4.74 Å². The van der Waals surface area contributed by atoms with Crippen molar-refractivity contribution in [3.8, 4) is 0 Å². The summed E-state index contributed by atoms with van der Waals surface area (Å²) in [5, 5.41) is 0. The zero-order valence-electron chi connectivity index (χ0n) is 11.5. The van der Waals surface area contributed by atoms with Crippen LogP contribution in [0.2, 0.25) is 0 Å². The largest absolute Gasteiger partial charge is 0.365 e. The Hall–Kier alpha value is -0.470. The Morgan fingerprint density at radius 2 is 1.94 bits per heavy atom. The molecule has 2 rings (SSSR count). The van der Waals surface area contributed by atoms with Crippen LogP contribution in [-0.2, 0) is 4.74 Å². The summed E-state index contributed by atoms with van der Waals surface area (Å²) in [6.07, 6.45) is 7.11. The zero-order chi connectivity index (χ0) is 12.8. The molecule has 0 spiro atoms. The Kier molecular flexibility index (Phi) is 5.13. The van der Waals surface area contributed by atoms with E-state index in [-0.39, 0.29) is 5.60 Å². The third-order valence-electron chi connectivity index (χ3n) is 3.62. The number of epoxide rings is 1. The smallest absolute Gasteiger partial charge is 0.101 e. The van der Waals surface area contributed by atoms with E-state index in [0.29, 0.717) is 6.10 Å². The third kappa shape index (κ3) is 4.03. The van der Waals surface area contributed by atoms with Crippen molar-refractivity contribution in [3.05, 3.63) is 30.3 Å². The maximum Gasteiger partial charge on any atom is 0.101 e. The third-order valence-corrected chi connectivity index (χ3v) is 4.95. The summed E-state index contributed by atoms with van der Waals surface area (Å²) in [6.45, 7) is 4.52. The average Bonchev–Trinajstić information content (AvgIpc) is 3.05. The first-order valence-corrected chi connectivity index (χ1v) is 8.09. The Balaban J connectivity index is 1.65. The lowest BCUT2D eigenvalue weighted by atomic mass is 10.0. The molecule has 2 heteroatoms. The van der Waals surface area contributed by atoms with Crippen LogP contribution in [0.15, 0.2) is 35.2 Å². The number of ether oxygens (including phenoxy) is 1. The molecule has 0 radical (unpaired) electrons. The number of benzene rings is 1. The molecule has 1 saturated heterocycles. The highest BCUT2D eigenvalue weighted by atomic mass is 32.2. The van der Waals surface area contributed by atoms with Gasteiger partial charge in [-0.2, -0.15) is 0 Å². The lowest BCUT2D eigenvalue weighted by Crippen LogP contribution is -2.13. The average molecular weight is 264 g/mol. The maximum atomic E-state index is 5.89. The molecule has 0 saturated carbocycles. The fraction of sp³-hybridized carbons (Fsp3) is 0.625. The number of thioether (sulfide) groups is 1. The van der Waals surface area contributed by atoms with Gasteiger partial charge in [0.15, 0.2) is 0 Å². The highest BCUT2D eigenvalue weighted by Crippen LogP contribution is 2.43. The minimum atomic E-state index is 0.132. The highest BCUT2D eigenvalue weighted by Gasteiger charge is 2.51. The quantitative estimate of drug-likeness (QED) is 0.376. The number of hydrogen-bond donors (Lipinski definition) is 0. The molecule has 0 unspecified atom stereocenters. The van der Waals surface area contributed by atoms with Gasteiger partial charge in [-0.3, -0.25) is 0 Å². The van der Waals surface area contributed by atoms with Gasteiger partial charge in [-0.25, -0.2) is 0 Å². The Labute approximate surface area is 115 Å². The predicted octanol–water partition coefficient (Wildman–Crippen LogP) is 4.91. The van der Waals surface area contributed by atoms with Crippen molar-refractivity contribution in [2.24, 2.45) is 0 Å². The van der Waals surface area contributed by atoms with Crippen molar-refractivity contribution in [2.75, 3.05) is 5.75 Å². The molecule has 1 aromatic rings. The molecule has 0 bridgehead atoms. The highest BCUT2D eigenvalue weighted by molar-refractivity contribution is 7.99. The Morgan fingerprint density at radius 1 is 1.17 bits per heavy atom. The number of rotatable bonds is 8. The van der Waals surface area contributed by atoms with Gasteiger partial charge >= 0.3 is 0 Å². The summed E-state index contributed by atoms with van der Waals surface area (Å²) < 4.78 is 5.89. The minimum Gasteiger partial charge on any atom is -0.365 e. The van der Waals surface area contributed by atoms with Gasteiger partial charge in [-0.05, 0) is 25.5 Å². The summed E-state index contributed by atoms with van der Waals surface area (Å²) in [7, 11) is 0. The van der Waals surface area contributed by atoms with Gasteiger partial charge < -0.3 is 4.74 Å². The van der Waals surface area contributed by atoms with E-state index in [1.165, 1.54) is 37.0 Å². The number of hydrogen-bond acceptors (Lipinski definition) is 2. The molecular formula is C16H24OS. The molecule has 2 atom stereocenters. The molecule has 1 aliphatic heterocycles. The van der Waals surface area contributed by atoms with Gasteiger partial charge in [0.05, 0.1) is 6.10 Å². The molecule has 0 N–H and O–H groups in total. The van der Waals surface area contributed by atoms with Gasteiger partial charge in [0.2, 0.25) is 0 Å². The summed E-state index contributed by atoms with van der Waals surface area (Å²) in [5.41, 5.74) is 0.132. The molecule has 0 amide bonds. The van der Waals surface area contributed by atoms with Crippen LogP contribution in [0.4, 0.5) is 0 Å². The molecular weight excluding hydrogens is 240 g/mol. The summed E-state index contributed by atoms with van der Waals surface area (Å²) in [5.74, 6) is 1.08. The molecule has 1 heterocycles. The second-order valence-electron chi connectivity index (χ2n) is 5.37. The van der Waals surface area contributed by atoms with E-state index in [1.54, 1.807) is 0 Å². The van der Waals surface area contributed by atoms with Crippen molar-refractivity contribution < 1.29 is 4.74 Å². The first-order valence-electron chi connectivity index (χ1n) is 7.10. The second-order valence-corrected chi connectivity index (χ2v) is 6.42. The van der Waals surface area contributed by atoms with Crippen LogP contribution in [0.25, 0.3) is 0 Å². The second kappa shape index (κ2) is 6.63. The van der Waals surface area contributed by atoms with Crippen LogP contribution in [0.3, 0.4) is 0 Å². The van der Waals surface area contributed by atoms with Gasteiger partial charge in [-0.15, -0.1) is 11.8 Å². The van der Waals surface area contributed by atoms with E-state index < -0.39 is 0 Å². The van der Waals surface area contributed by atoms with Crippen LogP contribution < -0.4 is 0 Å². The van der Waals surface area contributed by atoms with E-state index in [0.717, 1.165) is 5.75 Å². The Morgan fingerprint density at radius 3 is 2.67 bits per heavy atom. The van der Waals surface area contributed by atoms with Gasteiger partial charge in [-0.1, -0.05) is 50.8 Å². The van der Waals surface area contributed by atoms with Crippen molar-refractivity contribution in [2.45, 2.75) is 62.6 Å².